The van der Waals surface area contributed by atoms with Crippen LogP contribution in [0.1, 0.15) is 30.4 Å². The van der Waals surface area contributed by atoms with Crippen LogP contribution in [0.4, 0.5) is 13.2 Å². The van der Waals surface area contributed by atoms with Gasteiger partial charge in [0, 0.05) is 26.1 Å². The van der Waals surface area contributed by atoms with Crippen molar-refractivity contribution in [3.05, 3.63) is 34.3 Å². The van der Waals surface area contributed by atoms with Crippen molar-refractivity contribution in [1.29, 1.82) is 5.26 Å². The molecule has 1 atom stereocenters. The largest absolute Gasteiger partial charge is 0.481 e. The zero-order valence-electron chi connectivity index (χ0n) is 14.6. The molecule has 0 bridgehead atoms. The van der Waals surface area contributed by atoms with E-state index in [0.717, 1.165) is 12.1 Å². The Hall–Kier alpha value is -1.82. The highest BCUT2D eigenvalue weighted by Gasteiger charge is 2.38. The van der Waals surface area contributed by atoms with Gasteiger partial charge in [0.25, 0.3) is 0 Å². The fourth-order valence-corrected chi connectivity index (χ4v) is 3.35. The van der Waals surface area contributed by atoms with Gasteiger partial charge in [-0.3, -0.25) is 9.69 Å². The van der Waals surface area contributed by atoms with E-state index in [1.807, 2.05) is 0 Å². The molecular weight excluding hydrogens is 385 g/mol. The Labute approximate surface area is 160 Å². The van der Waals surface area contributed by atoms with Crippen LogP contribution in [-0.4, -0.2) is 48.8 Å². The Morgan fingerprint density at radius 1 is 1.30 bits per heavy atom. The Bertz CT molecular complexity index is 715. The second-order valence-electron chi connectivity index (χ2n) is 6.48. The first kappa shape index (κ1) is 21.5. The van der Waals surface area contributed by atoms with Crippen LogP contribution >= 0.6 is 11.6 Å². The summed E-state index contributed by atoms with van der Waals surface area (Å²) in [6, 6.07) is 5.45. The molecule has 148 valence electrons. The number of benzene rings is 1. The molecule has 1 N–H and O–H groups in total. The topological polar surface area (TPSA) is 73.6 Å². The van der Waals surface area contributed by atoms with Gasteiger partial charge in [-0.15, -0.1) is 0 Å². The van der Waals surface area contributed by atoms with Crippen molar-refractivity contribution in [2.45, 2.75) is 30.9 Å². The smallest absolute Gasteiger partial charge is 0.417 e. The van der Waals surface area contributed by atoms with Crippen molar-refractivity contribution in [1.82, 2.24) is 4.90 Å². The molecule has 1 fully saturated rings. The third-order valence-corrected chi connectivity index (χ3v) is 5.09. The average molecular weight is 405 g/mol. The van der Waals surface area contributed by atoms with Crippen molar-refractivity contribution in [2.24, 2.45) is 0 Å². The van der Waals surface area contributed by atoms with Gasteiger partial charge in [-0.1, -0.05) is 17.7 Å². The van der Waals surface area contributed by atoms with Crippen molar-refractivity contribution >= 4 is 17.6 Å². The van der Waals surface area contributed by atoms with Gasteiger partial charge in [0.1, 0.15) is 0 Å². The first-order chi connectivity index (χ1) is 12.7. The molecule has 1 saturated heterocycles. The predicted molar refractivity (Wildman–Crippen MR) is 92.5 cm³/mol. The Balaban J connectivity index is 2.35. The first-order valence-corrected chi connectivity index (χ1v) is 8.86. The number of carboxylic acid groups (broad SMARTS) is 1. The summed E-state index contributed by atoms with van der Waals surface area (Å²) in [7, 11) is 0. The summed E-state index contributed by atoms with van der Waals surface area (Å²) in [5.74, 6) is -1.11. The molecule has 2 rings (SSSR count). The maximum Gasteiger partial charge on any atom is 0.417 e. The second kappa shape index (κ2) is 8.91. The van der Waals surface area contributed by atoms with E-state index in [1.165, 1.54) is 6.07 Å². The van der Waals surface area contributed by atoms with Crippen LogP contribution in [0.15, 0.2) is 18.2 Å². The highest BCUT2D eigenvalue weighted by Crippen LogP contribution is 2.40. The highest BCUT2D eigenvalue weighted by molar-refractivity contribution is 6.31. The predicted octanol–water partition coefficient (Wildman–Crippen LogP) is 3.71. The van der Waals surface area contributed by atoms with Crippen LogP contribution < -0.4 is 0 Å². The van der Waals surface area contributed by atoms with Crippen molar-refractivity contribution < 1.29 is 27.8 Å². The zero-order chi connectivity index (χ0) is 20.1. The van der Waals surface area contributed by atoms with Gasteiger partial charge in [-0.25, -0.2) is 0 Å². The van der Waals surface area contributed by atoms with E-state index >= 15 is 0 Å². The fraction of sp³-hybridized carbons (Fsp3) is 0.556. The molecular formula is C18H20ClF3N2O3. The lowest BCUT2D eigenvalue weighted by molar-refractivity contribution is -0.138. The first-order valence-electron chi connectivity index (χ1n) is 8.48. The number of rotatable bonds is 7. The molecule has 1 aliphatic heterocycles. The fourth-order valence-electron chi connectivity index (χ4n) is 3.12. The number of hydrogen-bond acceptors (Lipinski definition) is 4. The Morgan fingerprint density at radius 3 is 2.52 bits per heavy atom. The lowest BCUT2D eigenvalue weighted by atomic mass is 9.74. The van der Waals surface area contributed by atoms with Gasteiger partial charge in [0.15, 0.2) is 0 Å². The van der Waals surface area contributed by atoms with E-state index < -0.39 is 28.1 Å². The van der Waals surface area contributed by atoms with E-state index in [2.05, 4.69) is 11.0 Å². The number of alkyl halides is 3. The van der Waals surface area contributed by atoms with E-state index in [1.54, 1.807) is 0 Å². The quantitative estimate of drug-likeness (QED) is 0.750. The van der Waals surface area contributed by atoms with E-state index in [9.17, 15) is 23.2 Å². The molecule has 0 saturated carbocycles. The number of nitriles is 1. The van der Waals surface area contributed by atoms with Gasteiger partial charge in [-0.05, 0) is 30.5 Å². The van der Waals surface area contributed by atoms with Gasteiger partial charge in [0.05, 0.1) is 35.3 Å². The highest BCUT2D eigenvalue weighted by atomic mass is 35.5. The number of halogens is 4. The molecule has 5 nitrogen and oxygen atoms in total. The lowest BCUT2D eigenvalue weighted by Crippen LogP contribution is -2.40. The Morgan fingerprint density at radius 2 is 1.96 bits per heavy atom. The number of hydrogen-bond donors (Lipinski definition) is 1. The number of carboxylic acids is 1. The molecule has 1 aliphatic rings. The number of nitrogens with zero attached hydrogens (tertiary/aromatic N) is 2. The number of ether oxygens (including phenoxy) is 1. The van der Waals surface area contributed by atoms with Gasteiger partial charge < -0.3 is 9.84 Å². The molecule has 1 heterocycles. The summed E-state index contributed by atoms with van der Waals surface area (Å²) >= 11 is 5.68. The van der Waals surface area contributed by atoms with E-state index in [0.29, 0.717) is 32.8 Å². The number of aliphatic carboxylic acids is 1. The van der Waals surface area contributed by atoms with Gasteiger partial charge in [0.2, 0.25) is 0 Å². The minimum Gasteiger partial charge on any atom is -0.481 e. The minimum absolute atomic E-state index is 0.0812. The van der Waals surface area contributed by atoms with Crippen LogP contribution in [0.2, 0.25) is 5.02 Å². The standard InChI is InChI=1S/C18H20ClF3N2O3/c19-15-2-1-13(11-14(15)18(20,21)22)17(12-23,4-3-16(25)26)5-6-24-7-9-27-10-8-24/h1-2,11H,3-10H2,(H,25,26). The number of carbonyl (C=O) groups is 1. The van der Waals surface area contributed by atoms with Crippen LogP contribution in [0.5, 0.6) is 0 Å². The molecule has 1 unspecified atom stereocenters. The summed E-state index contributed by atoms with van der Waals surface area (Å²) in [6.45, 7) is 2.88. The summed E-state index contributed by atoms with van der Waals surface area (Å²) < 4.78 is 44.9. The molecule has 9 heteroatoms. The van der Waals surface area contributed by atoms with Crippen LogP contribution in [-0.2, 0) is 21.1 Å². The molecule has 0 aromatic heterocycles. The lowest BCUT2D eigenvalue weighted by Gasteiger charge is -2.32. The number of morpholine rings is 1. The molecule has 1 aromatic rings. The van der Waals surface area contributed by atoms with E-state index in [-0.39, 0.29) is 24.8 Å². The minimum atomic E-state index is -4.66. The maximum absolute atomic E-state index is 13.2. The SMILES string of the molecule is N#CC(CCC(=O)O)(CCN1CCOCC1)c1ccc(Cl)c(C(F)(F)F)c1. The molecule has 0 radical (unpaired) electrons. The van der Waals surface area contributed by atoms with Crippen LogP contribution in [0, 0.1) is 11.3 Å². The molecule has 0 aliphatic carbocycles. The zero-order valence-corrected chi connectivity index (χ0v) is 15.3. The van der Waals surface area contributed by atoms with Gasteiger partial charge in [-0.2, -0.15) is 18.4 Å². The van der Waals surface area contributed by atoms with Gasteiger partial charge >= 0.3 is 12.1 Å². The summed E-state index contributed by atoms with van der Waals surface area (Å²) in [4.78, 5) is 13.1. The third kappa shape index (κ3) is 5.58. The summed E-state index contributed by atoms with van der Waals surface area (Å²) in [5.41, 5.74) is -2.24. The maximum atomic E-state index is 13.2. The second-order valence-corrected chi connectivity index (χ2v) is 6.89. The molecule has 0 amide bonds. The molecule has 27 heavy (non-hydrogen) atoms. The molecule has 1 aromatic carbocycles. The van der Waals surface area contributed by atoms with Crippen molar-refractivity contribution in [3.8, 4) is 6.07 Å². The average Bonchev–Trinajstić information content (AvgIpc) is 2.63. The monoisotopic (exact) mass is 404 g/mol. The molecule has 0 spiro atoms. The van der Waals surface area contributed by atoms with Crippen molar-refractivity contribution in [2.75, 3.05) is 32.8 Å². The Kier molecular flexibility index (Phi) is 7.09. The summed E-state index contributed by atoms with van der Waals surface area (Å²) in [5, 5.41) is 18.4. The van der Waals surface area contributed by atoms with Crippen molar-refractivity contribution in [3.63, 3.8) is 0 Å². The summed E-state index contributed by atoms with van der Waals surface area (Å²) in [6.07, 6.45) is -4.84. The third-order valence-electron chi connectivity index (χ3n) is 4.76. The normalized spacial score (nSPS) is 17.9. The van der Waals surface area contributed by atoms with E-state index in [4.69, 9.17) is 21.4 Å². The van der Waals surface area contributed by atoms with Crippen LogP contribution in [0.25, 0.3) is 0 Å². The van der Waals surface area contributed by atoms with Crippen LogP contribution in [0.3, 0.4) is 0 Å².